The summed E-state index contributed by atoms with van der Waals surface area (Å²) >= 11 is 5.00. The van der Waals surface area contributed by atoms with E-state index >= 15 is 0 Å². The molecule has 0 bridgehead atoms. The van der Waals surface area contributed by atoms with Crippen molar-refractivity contribution >= 4 is 48.5 Å². The number of benzene rings is 1. The van der Waals surface area contributed by atoms with Crippen LogP contribution in [0, 0.1) is 0 Å². The lowest BCUT2D eigenvalue weighted by atomic mass is 9.99. The molecule has 0 spiro atoms. The van der Waals surface area contributed by atoms with Crippen molar-refractivity contribution < 1.29 is 4.79 Å². The van der Waals surface area contributed by atoms with Crippen LogP contribution in [0.2, 0.25) is 0 Å². The Labute approximate surface area is 144 Å². The predicted octanol–water partition coefficient (Wildman–Crippen LogP) is 5.70. The zero-order valence-corrected chi connectivity index (χ0v) is 15.8. The second-order valence-corrected chi connectivity index (χ2v) is 7.79. The molecule has 2 atom stereocenters. The first-order valence-corrected chi connectivity index (χ1v) is 9.63. The average molecular weight is 383 g/mol. The van der Waals surface area contributed by atoms with Gasteiger partial charge in [-0.3, -0.25) is 4.79 Å². The van der Waals surface area contributed by atoms with Gasteiger partial charge in [0.2, 0.25) is 5.91 Å². The molecule has 3 nitrogen and oxygen atoms in total. The third kappa shape index (κ3) is 4.29. The molecule has 1 amide bonds. The molecule has 2 unspecified atom stereocenters. The van der Waals surface area contributed by atoms with Crippen LogP contribution in [0.3, 0.4) is 0 Å². The molecular formula is C17H23BrN2OS. The van der Waals surface area contributed by atoms with Gasteiger partial charge in [0.15, 0.2) is 5.13 Å². The van der Waals surface area contributed by atoms with E-state index in [1.807, 2.05) is 6.07 Å². The number of hydrogen-bond donors (Lipinski definition) is 1. The second kappa shape index (κ2) is 8.06. The van der Waals surface area contributed by atoms with E-state index in [1.54, 1.807) is 11.3 Å². The summed E-state index contributed by atoms with van der Waals surface area (Å²) in [4.78, 5) is 16.5. The highest BCUT2D eigenvalue weighted by atomic mass is 79.9. The minimum atomic E-state index is -0.143. The van der Waals surface area contributed by atoms with Gasteiger partial charge in [-0.1, -0.05) is 66.9 Å². The highest BCUT2D eigenvalue weighted by Gasteiger charge is 2.16. The number of unbranched alkanes of at least 4 members (excludes halogenated alkanes) is 1. The number of carbonyl (C=O) groups excluding carboxylic acids is 1. The first-order chi connectivity index (χ1) is 10.5. The van der Waals surface area contributed by atoms with Crippen LogP contribution in [0.15, 0.2) is 18.2 Å². The molecule has 120 valence electrons. The number of thiazole rings is 1. The van der Waals surface area contributed by atoms with Gasteiger partial charge in [-0.2, -0.15) is 0 Å². The van der Waals surface area contributed by atoms with Crippen molar-refractivity contribution in [1.29, 1.82) is 0 Å². The zero-order chi connectivity index (χ0) is 16.1. The number of alkyl halides is 1. The SMILES string of the molecule is CCCCC(Br)C(=O)Nc1nc2ccc(C(C)CC)cc2s1. The smallest absolute Gasteiger partial charge is 0.239 e. The summed E-state index contributed by atoms with van der Waals surface area (Å²) in [5.41, 5.74) is 2.28. The number of aromatic nitrogens is 1. The molecule has 0 aliphatic rings. The summed E-state index contributed by atoms with van der Waals surface area (Å²) in [6.45, 7) is 6.55. The van der Waals surface area contributed by atoms with Crippen molar-refractivity contribution in [3.8, 4) is 0 Å². The van der Waals surface area contributed by atoms with Gasteiger partial charge in [0.25, 0.3) is 0 Å². The number of amides is 1. The molecule has 0 saturated heterocycles. The Morgan fingerprint density at radius 3 is 2.86 bits per heavy atom. The van der Waals surface area contributed by atoms with Gasteiger partial charge in [-0.05, 0) is 36.5 Å². The Kier molecular flexibility index (Phi) is 6.38. The largest absolute Gasteiger partial charge is 0.301 e. The summed E-state index contributed by atoms with van der Waals surface area (Å²) in [7, 11) is 0. The van der Waals surface area contributed by atoms with E-state index in [1.165, 1.54) is 5.56 Å². The fourth-order valence-corrected chi connectivity index (χ4v) is 3.59. The number of rotatable bonds is 7. The van der Waals surface area contributed by atoms with Crippen molar-refractivity contribution in [3.05, 3.63) is 23.8 Å². The standard InChI is InChI=1S/C17H23BrN2OS/c1-4-6-7-13(18)16(21)20-17-19-14-9-8-12(11(3)5-2)10-15(14)22-17/h8-11,13H,4-7H2,1-3H3,(H,19,20,21). The quantitative estimate of drug-likeness (QED) is 0.623. The van der Waals surface area contributed by atoms with E-state index in [0.29, 0.717) is 11.0 Å². The van der Waals surface area contributed by atoms with Crippen LogP contribution < -0.4 is 5.32 Å². The number of nitrogens with zero attached hydrogens (tertiary/aromatic N) is 1. The zero-order valence-electron chi connectivity index (χ0n) is 13.4. The number of halogens is 1. The maximum absolute atomic E-state index is 12.1. The third-order valence-corrected chi connectivity index (χ3v) is 5.73. The third-order valence-electron chi connectivity index (χ3n) is 3.92. The lowest BCUT2D eigenvalue weighted by Gasteiger charge is -2.07. The van der Waals surface area contributed by atoms with Crippen molar-refractivity contribution in [2.24, 2.45) is 0 Å². The van der Waals surface area contributed by atoms with E-state index in [2.05, 4.69) is 59.1 Å². The Hall–Kier alpha value is -0.940. The lowest BCUT2D eigenvalue weighted by Crippen LogP contribution is -2.22. The van der Waals surface area contributed by atoms with Crippen LogP contribution in [0.4, 0.5) is 5.13 Å². The molecule has 5 heteroatoms. The number of hydrogen-bond acceptors (Lipinski definition) is 3. The van der Waals surface area contributed by atoms with Gasteiger partial charge < -0.3 is 5.32 Å². The molecule has 1 N–H and O–H groups in total. The predicted molar refractivity (Wildman–Crippen MR) is 99.2 cm³/mol. The topological polar surface area (TPSA) is 42.0 Å². The van der Waals surface area contributed by atoms with Gasteiger partial charge >= 0.3 is 0 Å². The molecule has 0 aliphatic carbocycles. The van der Waals surface area contributed by atoms with Crippen molar-refractivity contribution in [3.63, 3.8) is 0 Å². The van der Waals surface area contributed by atoms with Gasteiger partial charge in [-0.15, -0.1) is 0 Å². The first-order valence-electron chi connectivity index (χ1n) is 7.90. The molecule has 1 aromatic heterocycles. The fourth-order valence-electron chi connectivity index (χ4n) is 2.24. The molecule has 0 fully saturated rings. The Morgan fingerprint density at radius 2 is 2.18 bits per heavy atom. The van der Waals surface area contributed by atoms with Gasteiger partial charge in [-0.25, -0.2) is 4.98 Å². The van der Waals surface area contributed by atoms with Gasteiger partial charge in [0, 0.05) is 0 Å². The Balaban J connectivity index is 2.11. The normalized spacial score (nSPS) is 14.0. The second-order valence-electron chi connectivity index (χ2n) is 5.65. The molecule has 0 saturated carbocycles. The van der Waals surface area contributed by atoms with Crippen LogP contribution in [0.1, 0.15) is 57.9 Å². The number of nitrogens with one attached hydrogen (secondary N) is 1. The highest BCUT2D eigenvalue weighted by Crippen LogP contribution is 2.30. The fraction of sp³-hybridized carbons (Fsp3) is 0.529. The van der Waals surface area contributed by atoms with E-state index in [0.717, 1.165) is 35.9 Å². The van der Waals surface area contributed by atoms with E-state index in [-0.39, 0.29) is 10.7 Å². The minimum absolute atomic E-state index is 0.00495. The first kappa shape index (κ1) is 17.4. The van der Waals surface area contributed by atoms with Crippen molar-refractivity contribution in [2.45, 2.75) is 57.2 Å². The summed E-state index contributed by atoms with van der Waals surface area (Å²) in [5.74, 6) is 0.542. The van der Waals surface area contributed by atoms with E-state index < -0.39 is 0 Å². The van der Waals surface area contributed by atoms with Crippen molar-refractivity contribution in [1.82, 2.24) is 4.98 Å². The summed E-state index contributed by atoms with van der Waals surface area (Å²) in [6.07, 6.45) is 4.11. The molecule has 1 heterocycles. The van der Waals surface area contributed by atoms with Gasteiger partial charge in [0.05, 0.1) is 15.0 Å². The van der Waals surface area contributed by atoms with Gasteiger partial charge in [0.1, 0.15) is 0 Å². The van der Waals surface area contributed by atoms with Crippen molar-refractivity contribution in [2.75, 3.05) is 5.32 Å². The molecule has 2 aromatic rings. The van der Waals surface area contributed by atoms with Crippen LogP contribution in [0.25, 0.3) is 10.2 Å². The molecule has 2 rings (SSSR count). The minimum Gasteiger partial charge on any atom is -0.301 e. The molecule has 1 aromatic carbocycles. The van der Waals surface area contributed by atoms with Crippen LogP contribution in [-0.2, 0) is 4.79 Å². The van der Waals surface area contributed by atoms with Crippen LogP contribution >= 0.6 is 27.3 Å². The monoisotopic (exact) mass is 382 g/mol. The molecule has 22 heavy (non-hydrogen) atoms. The van der Waals surface area contributed by atoms with E-state index in [9.17, 15) is 4.79 Å². The molecule has 0 aliphatic heterocycles. The summed E-state index contributed by atoms with van der Waals surface area (Å²) in [5, 5.41) is 3.61. The van der Waals surface area contributed by atoms with E-state index in [4.69, 9.17) is 0 Å². The average Bonchev–Trinajstić information content (AvgIpc) is 2.92. The number of carbonyl (C=O) groups is 1. The lowest BCUT2D eigenvalue weighted by molar-refractivity contribution is -0.115. The molecule has 0 radical (unpaired) electrons. The Morgan fingerprint density at radius 1 is 1.41 bits per heavy atom. The van der Waals surface area contributed by atoms with Crippen LogP contribution in [0.5, 0.6) is 0 Å². The maximum Gasteiger partial charge on any atom is 0.239 e. The number of fused-ring (bicyclic) bond motifs is 1. The number of anilines is 1. The summed E-state index contributed by atoms with van der Waals surface area (Å²) in [6, 6.07) is 6.38. The Bertz CT molecular complexity index is 641. The summed E-state index contributed by atoms with van der Waals surface area (Å²) < 4.78 is 1.13. The highest BCUT2D eigenvalue weighted by molar-refractivity contribution is 9.10. The van der Waals surface area contributed by atoms with Crippen LogP contribution in [-0.4, -0.2) is 15.7 Å². The maximum atomic E-state index is 12.1. The molecular weight excluding hydrogens is 360 g/mol.